The molecule has 2 aromatic heterocycles. The summed E-state index contributed by atoms with van der Waals surface area (Å²) in [6.45, 7) is 11.6. The second-order valence-electron chi connectivity index (χ2n) is 16.4. The van der Waals surface area contributed by atoms with E-state index in [4.69, 9.17) is 9.97 Å². The zero-order valence-corrected chi connectivity index (χ0v) is 34.4. The van der Waals surface area contributed by atoms with Gasteiger partial charge in [0.2, 0.25) is 0 Å². The van der Waals surface area contributed by atoms with Crippen molar-refractivity contribution < 1.29 is 0 Å². The molecular formula is C55H41N3Si. The first-order chi connectivity index (χ1) is 28.8. The highest BCUT2D eigenvalue weighted by molar-refractivity contribution is 7.03. The van der Waals surface area contributed by atoms with Crippen molar-refractivity contribution >= 4 is 84.7 Å². The molecule has 0 amide bonds. The van der Waals surface area contributed by atoms with Gasteiger partial charge in [0.25, 0.3) is 0 Å². The van der Waals surface area contributed by atoms with E-state index in [0.29, 0.717) is 11.2 Å². The molecule has 8 bridgehead atoms. The van der Waals surface area contributed by atoms with Gasteiger partial charge in [0.15, 0.2) is 5.82 Å². The highest BCUT2D eigenvalue weighted by Gasteiger charge is 2.37. The van der Waals surface area contributed by atoms with Crippen LogP contribution in [0.2, 0.25) is 13.1 Å². The second kappa shape index (κ2) is 13.5. The Morgan fingerprint density at radius 1 is 0.458 bits per heavy atom. The van der Waals surface area contributed by atoms with Crippen LogP contribution in [0.25, 0.3) is 99.9 Å². The summed E-state index contributed by atoms with van der Waals surface area (Å²) >= 11 is 0. The van der Waals surface area contributed by atoms with Gasteiger partial charge < -0.3 is 4.40 Å². The van der Waals surface area contributed by atoms with Crippen LogP contribution < -0.4 is 15.7 Å². The molecule has 0 N–H and O–H groups in total. The van der Waals surface area contributed by atoms with Crippen LogP contribution in [0, 0.1) is 6.92 Å². The van der Waals surface area contributed by atoms with E-state index in [9.17, 15) is 0 Å². The zero-order chi connectivity index (χ0) is 39.8. The molecule has 0 radical (unpaired) electrons. The number of rotatable bonds is 2. The molecular weight excluding hydrogens is 731 g/mol. The SMILES string of the molecule is C=c1nc(-c2ccc3c(c2)[Si](C)(C)c2ccccc2-3)nc(C)c2cccc(c2)c2cccc(c2)n2c3cc(ccc3c3c(-c4ccccc4)cccc32)c2cccc1c2. The number of benzene rings is 8. The van der Waals surface area contributed by atoms with Crippen molar-refractivity contribution in [1.29, 1.82) is 0 Å². The molecule has 0 fully saturated rings. The van der Waals surface area contributed by atoms with Crippen molar-refractivity contribution in [3.05, 3.63) is 193 Å². The van der Waals surface area contributed by atoms with Crippen LogP contribution in [0.15, 0.2) is 182 Å². The van der Waals surface area contributed by atoms with E-state index in [-0.39, 0.29) is 0 Å². The fourth-order valence-electron chi connectivity index (χ4n) is 9.42. The molecule has 0 atom stereocenters. The summed E-state index contributed by atoms with van der Waals surface area (Å²) in [5, 5.41) is 12.6. The second-order valence-corrected chi connectivity index (χ2v) is 20.7. The lowest BCUT2D eigenvalue weighted by Crippen LogP contribution is -2.49. The number of fused-ring (bicyclic) bond motifs is 16. The van der Waals surface area contributed by atoms with Crippen LogP contribution in [-0.4, -0.2) is 22.4 Å². The lowest BCUT2D eigenvalue weighted by Gasteiger charge is -2.19. The van der Waals surface area contributed by atoms with Crippen LogP contribution >= 0.6 is 0 Å². The molecule has 10 aromatic rings. The maximum atomic E-state index is 5.35. The molecule has 0 aliphatic carbocycles. The van der Waals surface area contributed by atoms with E-state index in [1.165, 1.54) is 48.9 Å². The fourth-order valence-corrected chi connectivity index (χ4v) is 12.5. The third-order valence-corrected chi connectivity index (χ3v) is 16.0. The van der Waals surface area contributed by atoms with E-state index in [2.05, 4.69) is 213 Å². The van der Waals surface area contributed by atoms with Gasteiger partial charge in [-0.15, -0.1) is 0 Å². The molecule has 1 aliphatic rings. The first kappa shape index (κ1) is 35.1. The van der Waals surface area contributed by atoms with Crippen LogP contribution in [0.5, 0.6) is 0 Å². The summed E-state index contributed by atoms with van der Waals surface area (Å²) in [5.74, 6) is 0.662. The third-order valence-electron chi connectivity index (χ3n) is 12.5. The van der Waals surface area contributed by atoms with Crippen LogP contribution in [0.4, 0.5) is 0 Å². The van der Waals surface area contributed by atoms with Gasteiger partial charge in [-0.2, -0.15) is 0 Å². The molecule has 1 aliphatic heterocycles. The Kier molecular flexibility index (Phi) is 8.01. The molecule has 8 aromatic carbocycles. The molecule has 0 spiro atoms. The Hall–Kier alpha value is -7.14. The highest BCUT2D eigenvalue weighted by atomic mass is 28.3. The van der Waals surface area contributed by atoms with Gasteiger partial charge in [-0.3, -0.25) is 0 Å². The smallest absolute Gasteiger partial charge is 0.159 e. The molecule has 0 saturated heterocycles. The summed E-state index contributed by atoms with van der Waals surface area (Å²) < 4.78 is 2.43. The van der Waals surface area contributed by atoms with Crippen LogP contribution in [0.1, 0.15) is 5.69 Å². The summed E-state index contributed by atoms with van der Waals surface area (Å²) in [7, 11) is -1.93. The minimum absolute atomic E-state index is 0.662. The monoisotopic (exact) mass is 771 g/mol. The Balaban J connectivity index is 1.25. The van der Waals surface area contributed by atoms with Crippen molar-refractivity contribution in [2.45, 2.75) is 20.0 Å². The predicted molar refractivity (Wildman–Crippen MR) is 254 cm³/mol. The van der Waals surface area contributed by atoms with Crippen LogP contribution in [0.3, 0.4) is 0 Å². The fraction of sp³-hybridized carbons (Fsp3) is 0.0545. The minimum atomic E-state index is -1.93. The van der Waals surface area contributed by atoms with E-state index >= 15 is 0 Å². The quantitative estimate of drug-likeness (QED) is 0.164. The highest BCUT2D eigenvalue weighted by Crippen LogP contribution is 2.38. The molecule has 11 rings (SSSR count). The van der Waals surface area contributed by atoms with Gasteiger partial charge >= 0.3 is 0 Å². The number of hydrogen-bond donors (Lipinski definition) is 0. The summed E-state index contributed by atoms with van der Waals surface area (Å²) in [5.41, 5.74) is 10.5. The van der Waals surface area contributed by atoms with Crippen molar-refractivity contribution in [1.82, 2.24) is 14.4 Å². The van der Waals surface area contributed by atoms with Crippen molar-refractivity contribution in [3.63, 3.8) is 0 Å². The van der Waals surface area contributed by atoms with E-state index in [1.807, 2.05) is 0 Å². The standard InChI is InChI=1S/C55H41N3Si/c1-35-38-16-10-18-40(30-38)42-20-12-21-45(32-42)58-50-24-13-23-46(37-14-6-5-7-15-37)54(50)49-29-26-43(33-51(49)58)41-19-11-17-39(31-41)36(2)57-55(56-35)44-27-28-48-47-22-8-9-25-52(47)59(3,4)53(48)34-44/h5-34H,2H2,1,3-4H3. The first-order valence-electron chi connectivity index (χ1n) is 20.3. The minimum Gasteiger partial charge on any atom is -0.309 e. The van der Waals surface area contributed by atoms with Gasteiger partial charge in [0.05, 0.1) is 16.4 Å². The normalized spacial score (nSPS) is 12.9. The average Bonchev–Trinajstić information content (AvgIpc) is 3.74. The van der Waals surface area contributed by atoms with Gasteiger partial charge in [-0.25, -0.2) is 9.97 Å². The van der Waals surface area contributed by atoms with Crippen LogP contribution in [-0.2, 0) is 0 Å². The van der Waals surface area contributed by atoms with E-state index < -0.39 is 8.07 Å². The molecule has 0 unspecified atom stereocenters. The van der Waals surface area contributed by atoms with Crippen molar-refractivity contribution in [2.75, 3.05) is 0 Å². The lowest BCUT2D eigenvalue weighted by molar-refractivity contribution is 1.15. The third kappa shape index (κ3) is 5.71. The van der Waals surface area contributed by atoms with E-state index in [1.54, 1.807) is 0 Å². The van der Waals surface area contributed by atoms with Gasteiger partial charge in [-0.05, 0) is 103 Å². The predicted octanol–water partition coefficient (Wildman–Crippen LogP) is 12.3. The maximum Gasteiger partial charge on any atom is 0.159 e. The first-order valence-corrected chi connectivity index (χ1v) is 23.3. The summed E-state index contributed by atoms with van der Waals surface area (Å²) in [6.07, 6.45) is 0. The van der Waals surface area contributed by atoms with Crippen molar-refractivity contribution in [3.8, 4) is 33.6 Å². The van der Waals surface area contributed by atoms with Gasteiger partial charge in [0, 0.05) is 32.9 Å². The Labute approximate surface area is 344 Å². The Bertz CT molecular complexity index is 3570. The molecule has 4 heteroatoms. The van der Waals surface area contributed by atoms with E-state index in [0.717, 1.165) is 54.6 Å². The molecule has 3 heterocycles. The van der Waals surface area contributed by atoms with Gasteiger partial charge in [0.1, 0.15) is 8.07 Å². The molecule has 3 nitrogen and oxygen atoms in total. The van der Waals surface area contributed by atoms with Crippen molar-refractivity contribution in [2.24, 2.45) is 0 Å². The molecule has 59 heavy (non-hydrogen) atoms. The largest absolute Gasteiger partial charge is 0.309 e. The molecule has 280 valence electrons. The van der Waals surface area contributed by atoms with Gasteiger partial charge in [-0.1, -0.05) is 165 Å². The lowest BCUT2D eigenvalue weighted by atomic mass is 9.99. The topological polar surface area (TPSA) is 30.2 Å². The summed E-state index contributed by atoms with van der Waals surface area (Å²) in [4.78, 5) is 10.6. The zero-order valence-electron chi connectivity index (χ0n) is 33.4. The summed E-state index contributed by atoms with van der Waals surface area (Å²) in [6, 6.07) is 66.3. The maximum absolute atomic E-state index is 5.35. The molecule has 0 saturated carbocycles. The average molecular weight is 772 g/mol. The number of nitrogens with zero attached hydrogens (tertiary/aromatic N) is 3. The Morgan fingerprint density at radius 2 is 1.10 bits per heavy atom. The Morgan fingerprint density at radius 3 is 1.93 bits per heavy atom. The number of hydrogen-bond acceptors (Lipinski definition) is 2. The number of aromatic nitrogens is 3. The number of aryl methyl sites for hydroxylation is 1.